The van der Waals surface area contributed by atoms with Crippen molar-refractivity contribution in [3.8, 4) is 0 Å². The molecule has 0 aromatic rings. The van der Waals surface area contributed by atoms with E-state index in [4.69, 9.17) is 0 Å². The largest absolute Gasteiger partial charge is 0.341 e. The van der Waals surface area contributed by atoms with E-state index in [2.05, 4.69) is 12.2 Å². The summed E-state index contributed by atoms with van der Waals surface area (Å²) in [5.74, 6) is 0.949. The third-order valence-corrected chi connectivity index (χ3v) is 3.33. The number of hydrogen-bond acceptors (Lipinski definition) is 1. The molecule has 0 radical (unpaired) electrons. The molecule has 2 N–H and O–H groups in total. The number of fused-ring (bicyclic) bond motifs is 1. The molecule has 2 rings (SSSR count). The van der Waals surface area contributed by atoms with Gasteiger partial charge in [-0.15, -0.1) is 0 Å². The monoisotopic (exact) mass is 168 g/mol. The van der Waals surface area contributed by atoms with Crippen molar-refractivity contribution in [3.63, 3.8) is 0 Å². The first-order valence-electron chi connectivity index (χ1n) is 5.15. The molecule has 2 heteroatoms. The highest BCUT2D eigenvalue weighted by Gasteiger charge is 2.39. The van der Waals surface area contributed by atoms with Crippen LogP contribution in [0, 0.1) is 5.92 Å². The van der Waals surface area contributed by atoms with Crippen LogP contribution in [0.4, 0.5) is 0 Å². The highest BCUT2D eigenvalue weighted by atomic mass is 16.1. The molecule has 3 atom stereocenters. The summed E-state index contributed by atoms with van der Waals surface area (Å²) >= 11 is 0. The lowest BCUT2D eigenvalue weighted by Crippen LogP contribution is -2.98. The van der Waals surface area contributed by atoms with Gasteiger partial charge in [0.2, 0.25) is 0 Å². The fourth-order valence-electron chi connectivity index (χ4n) is 2.75. The van der Waals surface area contributed by atoms with Gasteiger partial charge in [0.05, 0.1) is 24.4 Å². The third-order valence-electron chi connectivity index (χ3n) is 3.33. The molecule has 2 aliphatic rings. The zero-order valence-corrected chi connectivity index (χ0v) is 7.75. The van der Waals surface area contributed by atoms with E-state index in [1.54, 1.807) is 0 Å². The van der Waals surface area contributed by atoms with Gasteiger partial charge in [0.15, 0.2) is 0 Å². The van der Waals surface area contributed by atoms with E-state index in [0.29, 0.717) is 23.8 Å². The number of ketones is 1. The van der Waals surface area contributed by atoms with Gasteiger partial charge in [-0.2, -0.15) is 0 Å². The normalized spacial score (nSPS) is 42.4. The van der Waals surface area contributed by atoms with Crippen LogP contribution in [0.3, 0.4) is 0 Å². The number of piperidine rings is 1. The average Bonchev–Trinajstić information content (AvgIpc) is 2.04. The fraction of sp³-hybridized carbons (Fsp3) is 0.900. The van der Waals surface area contributed by atoms with Crippen LogP contribution in [0.15, 0.2) is 0 Å². The second kappa shape index (κ2) is 3.17. The van der Waals surface area contributed by atoms with Crippen molar-refractivity contribution < 1.29 is 10.1 Å². The van der Waals surface area contributed by atoms with Gasteiger partial charge in [-0.05, 0) is 19.8 Å². The Morgan fingerprint density at radius 3 is 2.92 bits per heavy atom. The number of carbonyl (C=O) groups excluding carboxylic acids is 1. The van der Waals surface area contributed by atoms with Crippen molar-refractivity contribution in [2.75, 3.05) is 0 Å². The molecule has 0 bridgehead atoms. The van der Waals surface area contributed by atoms with Crippen molar-refractivity contribution in [2.45, 2.75) is 51.1 Å². The molecule has 68 valence electrons. The third kappa shape index (κ3) is 1.40. The van der Waals surface area contributed by atoms with E-state index in [0.717, 1.165) is 12.8 Å². The summed E-state index contributed by atoms with van der Waals surface area (Å²) in [7, 11) is 0. The van der Waals surface area contributed by atoms with Crippen LogP contribution < -0.4 is 5.32 Å². The predicted octanol–water partition coefficient (Wildman–Crippen LogP) is 0.470. The molecule has 2 fully saturated rings. The maximum Gasteiger partial charge on any atom is 0.147 e. The van der Waals surface area contributed by atoms with Crippen LogP contribution >= 0.6 is 0 Å². The zero-order chi connectivity index (χ0) is 8.55. The molecule has 1 aliphatic heterocycles. The molecule has 1 saturated heterocycles. The second-order valence-electron chi connectivity index (χ2n) is 4.39. The number of Topliss-reactive ketones (excluding diaryl/α,β-unsaturated/α-hetero) is 1. The fourth-order valence-corrected chi connectivity index (χ4v) is 2.75. The van der Waals surface area contributed by atoms with Crippen LogP contribution in [-0.4, -0.2) is 17.9 Å². The van der Waals surface area contributed by atoms with E-state index in [9.17, 15) is 4.79 Å². The van der Waals surface area contributed by atoms with Gasteiger partial charge in [-0.25, -0.2) is 0 Å². The quantitative estimate of drug-likeness (QED) is 0.560. The Hall–Kier alpha value is -0.370. The lowest BCUT2D eigenvalue weighted by Gasteiger charge is -2.34. The number of nitrogens with two attached hydrogens (primary N) is 1. The Bertz CT molecular complexity index is 190. The minimum atomic E-state index is 0.412. The first-order valence-corrected chi connectivity index (χ1v) is 5.15. The van der Waals surface area contributed by atoms with Gasteiger partial charge in [0, 0.05) is 6.42 Å². The van der Waals surface area contributed by atoms with Gasteiger partial charge in [-0.3, -0.25) is 4.79 Å². The van der Waals surface area contributed by atoms with Crippen molar-refractivity contribution >= 4 is 5.78 Å². The molecule has 0 spiro atoms. The second-order valence-corrected chi connectivity index (χ2v) is 4.39. The molecular weight excluding hydrogens is 150 g/mol. The van der Waals surface area contributed by atoms with Crippen LogP contribution in [0.25, 0.3) is 0 Å². The molecule has 0 aromatic heterocycles. The van der Waals surface area contributed by atoms with Crippen LogP contribution in [0.2, 0.25) is 0 Å². The smallest absolute Gasteiger partial charge is 0.147 e. The van der Waals surface area contributed by atoms with Gasteiger partial charge >= 0.3 is 0 Å². The lowest BCUT2D eigenvalue weighted by molar-refractivity contribution is -0.728. The first kappa shape index (κ1) is 8.24. The van der Waals surface area contributed by atoms with Crippen molar-refractivity contribution in [1.29, 1.82) is 0 Å². The Labute approximate surface area is 73.7 Å². The van der Waals surface area contributed by atoms with Gasteiger partial charge in [-0.1, -0.05) is 6.42 Å². The first-order chi connectivity index (χ1) is 5.77. The van der Waals surface area contributed by atoms with E-state index in [1.165, 1.54) is 19.3 Å². The molecule has 12 heavy (non-hydrogen) atoms. The minimum absolute atomic E-state index is 0.412. The molecule has 2 nitrogen and oxygen atoms in total. The Kier molecular flexibility index (Phi) is 2.18. The van der Waals surface area contributed by atoms with E-state index in [-0.39, 0.29) is 0 Å². The zero-order valence-electron chi connectivity index (χ0n) is 7.75. The van der Waals surface area contributed by atoms with Gasteiger partial charge in [0.25, 0.3) is 0 Å². The minimum Gasteiger partial charge on any atom is -0.341 e. The molecule has 0 aromatic carbocycles. The Morgan fingerprint density at radius 2 is 2.08 bits per heavy atom. The molecule has 1 aliphatic carbocycles. The summed E-state index contributed by atoms with van der Waals surface area (Å²) < 4.78 is 0. The summed E-state index contributed by atoms with van der Waals surface area (Å²) in [6.45, 7) is 2.17. The maximum absolute atomic E-state index is 11.6. The van der Waals surface area contributed by atoms with Gasteiger partial charge in [0.1, 0.15) is 5.78 Å². The Morgan fingerprint density at radius 1 is 1.33 bits per heavy atom. The van der Waals surface area contributed by atoms with Crippen LogP contribution in [0.1, 0.15) is 39.0 Å². The van der Waals surface area contributed by atoms with Crippen LogP contribution in [-0.2, 0) is 4.79 Å². The average molecular weight is 168 g/mol. The number of rotatable bonds is 0. The van der Waals surface area contributed by atoms with Crippen LogP contribution in [0.5, 0.6) is 0 Å². The summed E-state index contributed by atoms with van der Waals surface area (Å²) in [5.41, 5.74) is 0. The predicted molar refractivity (Wildman–Crippen MR) is 46.8 cm³/mol. The lowest BCUT2D eigenvalue weighted by atomic mass is 9.77. The summed E-state index contributed by atoms with van der Waals surface area (Å²) in [6.07, 6.45) is 5.83. The summed E-state index contributed by atoms with van der Waals surface area (Å²) in [4.78, 5) is 11.6. The molecule has 1 saturated carbocycles. The molecular formula is C10H18NO+. The number of hydrogen-bond donors (Lipinski definition) is 1. The maximum atomic E-state index is 11.6. The highest BCUT2D eigenvalue weighted by molar-refractivity contribution is 5.82. The molecule has 0 unspecified atom stereocenters. The van der Waals surface area contributed by atoms with E-state index >= 15 is 0 Å². The number of carbonyl (C=O) groups is 1. The van der Waals surface area contributed by atoms with Crippen molar-refractivity contribution in [3.05, 3.63) is 0 Å². The summed E-state index contributed by atoms with van der Waals surface area (Å²) in [5, 5.41) is 2.42. The SMILES string of the molecule is C[C@@H]1CC(=O)[C@H]2CCCC[C@H]2[NH2+]1. The Balaban J connectivity index is 2.06. The topological polar surface area (TPSA) is 33.7 Å². The molecule has 0 amide bonds. The van der Waals surface area contributed by atoms with E-state index < -0.39 is 0 Å². The van der Waals surface area contributed by atoms with Gasteiger partial charge < -0.3 is 5.32 Å². The van der Waals surface area contributed by atoms with Crippen molar-refractivity contribution in [2.24, 2.45) is 5.92 Å². The summed E-state index contributed by atoms with van der Waals surface area (Å²) in [6, 6.07) is 1.17. The standard InChI is InChI=1S/C10H17NO/c1-7-6-10(12)8-4-2-3-5-9(8)11-7/h7-9,11H,2-6H2,1H3/p+1/t7-,8+,9-/m1/s1. The molecule has 1 heterocycles. The van der Waals surface area contributed by atoms with E-state index in [1.807, 2.05) is 0 Å². The highest BCUT2D eigenvalue weighted by Crippen LogP contribution is 2.26. The van der Waals surface area contributed by atoms with Crippen molar-refractivity contribution in [1.82, 2.24) is 0 Å². The number of quaternary nitrogens is 1.